The normalized spacial score (nSPS) is 14.1. The van der Waals surface area contributed by atoms with Gasteiger partial charge in [-0.1, -0.05) is 0 Å². The lowest BCUT2D eigenvalue weighted by Gasteiger charge is -2.28. The van der Waals surface area contributed by atoms with Crippen LogP contribution in [-0.4, -0.2) is 42.1 Å². The number of carbonyl (C=O) groups is 1. The molecule has 6 nitrogen and oxygen atoms in total. The molecular formula is C19H23F2N5O. The summed E-state index contributed by atoms with van der Waals surface area (Å²) in [6.45, 7) is 4.64. The number of amides is 1. The van der Waals surface area contributed by atoms with Gasteiger partial charge in [0.1, 0.15) is 5.82 Å². The standard InChI is InChI=1S/C19H23F2N5O/c1-13-11-17(26-9-3-2-4-10-26)25-19(24-13)23-8-7-22-18(27)14-5-6-15(20)16(21)12-14/h5-6,11-12H,2-4,7-10H2,1H3,(H,22,27)(H,23,24,25). The first kappa shape index (κ1) is 19.0. The molecule has 1 aromatic carbocycles. The molecule has 0 spiro atoms. The Labute approximate surface area is 157 Å². The van der Waals surface area contributed by atoms with Crippen molar-refractivity contribution < 1.29 is 13.6 Å². The molecule has 0 radical (unpaired) electrons. The summed E-state index contributed by atoms with van der Waals surface area (Å²) >= 11 is 0. The van der Waals surface area contributed by atoms with Crippen molar-refractivity contribution in [1.82, 2.24) is 15.3 Å². The molecule has 1 aliphatic rings. The molecule has 0 aliphatic carbocycles. The predicted molar refractivity (Wildman–Crippen MR) is 100 cm³/mol. The highest BCUT2D eigenvalue weighted by Gasteiger charge is 2.14. The van der Waals surface area contributed by atoms with Crippen LogP contribution in [0.4, 0.5) is 20.5 Å². The number of anilines is 2. The molecule has 2 heterocycles. The van der Waals surface area contributed by atoms with Crippen LogP contribution in [0, 0.1) is 18.6 Å². The quantitative estimate of drug-likeness (QED) is 0.760. The molecule has 2 N–H and O–H groups in total. The number of hydrogen-bond acceptors (Lipinski definition) is 5. The number of aromatic nitrogens is 2. The lowest BCUT2D eigenvalue weighted by molar-refractivity contribution is 0.0954. The van der Waals surface area contributed by atoms with Gasteiger partial charge in [-0.2, -0.15) is 4.98 Å². The molecule has 1 saturated heterocycles. The monoisotopic (exact) mass is 375 g/mol. The molecule has 0 unspecified atom stereocenters. The molecule has 27 heavy (non-hydrogen) atoms. The zero-order chi connectivity index (χ0) is 19.2. The zero-order valence-electron chi connectivity index (χ0n) is 15.3. The van der Waals surface area contributed by atoms with Crippen molar-refractivity contribution in [2.75, 3.05) is 36.4 Å². The van der Waals surface area contributed by atoms with E-state index in [0.717, 1.165) is 36.7 Å². The van der Waals surface area contributed by atoms with Crippen LogP contribution in [0.15, 0.2) is 24.3 Å². The second-order valence-electron chi connectivity index (χ2n) is 6.55. The Balaban J connectivity index is 1.51. The Morgan fingerprint density at radius 3 is 2.59 bits per heavy atom. The molecule has 144 valence electrons. The minimum absolute atomic E-state index is 0.0769. The number of aryl methyl sites for hydroxylation is 1. The van der Waals surface area contributed by atoms with Gasteiger partial charge in [0, 0.05) is 43.5 Å². The highest BCUT2D eigenvalue weighted by atomic mass is 19.2. The van der Waals surface area contributed by atoms with Crippen molar-refractivity contribution in [2.45, 2.75) is 26.2 Å². The molecule has 1 fully saturated rings. The topological polar surface area (TPSA) is 70.2 Å². The Morgan fingerprint density at radius 2 is 1.85 bits per heavy atom. The third-order valence-corrected chi connectivity index (χ3v) is 4.40. The van der Waals surface area contributed by atoms with E-state index in [-0.39, 0.29) is 5.56 Å². The Bertz CT molecular complexity index is 809. The van der Waals surface area contributed by atoms with Gasteiger partial charge in [0.05, 0.1) is 0 Å². The molecule has 0 atom stereocenters. The fraction of sp³-hybridized carbons (Fsp3) is 0.421. The first-order valence-corrected chi connectivity index (χ1v) is 9.11. The molecule has 0 saturated carbocycles. The number of carbonyl (C=O) groups excluding carboxylic acids is 1. The summed E-state index contributed by atoms with van der Waals surface area (Å²) in [5.74, 6) is -1.06. The van der Waals surface area contributed by atoms with Crippen LogP contribution in [0.3, 0.4) is 0 Å². The largest absolute Gasteiger partial charge is 0.356 e. The first-order chi connectivity index (χ1) is 13.0. The van der Waals surface area contributed by atoms with Crippen molar-refractivity contribution in [3.05, 3.63) is 47.2 Å². The van der Waals surface area contributed by atoms with E-state index in [1.54, 1.807) is 0 Å². The van der Waals surface area contributed by atoms with Crippen LogP contribution in [0.2, 0.25) is 0 Å². The maximum absolute atomic E-state index is 13.2. The lowest BCUT2D eigenvalue weighted by atomic mass is 10.1. The highest BCUT2D eigenvalue weighted by molar-refractivity contribution is 5.94. The minimum Gasteiger partial charge on any atom is -0.356 e. The van der Waals surface area contributed by atoms with Crippen LogP contribution >= 0.6 is 0 Å². The van der Waals surface area contributed by atoms with E-state index in [4.69, 9.17) is 0 Å². The second kappa shape index (κ2) is 8.75. The number of nitrogens with one attached hydrogen (secondary N) is 2. The summed E-state index contributed by atoms with van der Waals surface area (Å²) < 4.78 is 26.1. The third kappa shape index (κ3) is 5.12. The van der Waals surface area contributed by atoms with Gasteiger partial charge in [0.25, 0.3) is 5.91 Å². The van der Waals surface area contributed by atoms with E-state index in [1.807, 2.05) is 13.0 Å². The van der Waals surface area contributed by atoms with Crippen molar-refractivity contribution in [3.8, 4) is 0 Å². The summed E-state index contributed by atoms with van der Waals surface area (Å²) in [4.78, 5) is 23.2. The molecular weight excluding hydrogens is 352 g/mol. The molecule has 0 bridgehead atoms. The van der Waals surface area contributed by atoms with Gasteiger partial charge in [0.2, 0.25) is 5.95 Å². The fourth-order valence-corrected chi connectivity index (χ4v) is 3.01. The van der Waals surface area contributed by atoms with E-state index >= 15 is 0 Å². The predicted octanol–water partition coefficient (Wildman–Crippen LogP) is 2.90. The first-order valence-electron chi connectivity index (χ1n) is 9.11. The highest BCUT2D eigenvalue weighted by Crippen LogP contribution is 2.19. The zero-order valence-corrected chi connectivity index (χ0v) is 15.3. The van der Waals surface area contributed by atoms with E-state index in [1.165, 1.54) is 25.3 Å². The molecule has 1 aromatic heterocycles. The summed E-state index contributed by atoms with van der Waals surface area (Å²) in [6, 6.07) is 5.04. The number of piperidine rings is 1. The average Bonchev–Trinajstić information content (AvgIpc) is 2.67. The molecule has 2 aromatic rings. The summed E-state index contributed by atoms with van der Waals surface area (Å²) in [6.07, 6.45) is 3.59. The SMILES string of the molecule is Cc1cc(N2CCCCC2)nc(NCCNC(=O)c2ccc(F)c(F)c2)n1. The van der Waals surface area contributed by atoms with Gasteiger partial charge in [-0.25, -0.2) is 13.8 Å². The molecule has 3 rings (SSSR count). The van der Waals surface area contributed by atoms with Gasteiger partial charge >= 0.3 is 0 Å². The van der Waals surface area contributed by atoms with Crippen molar-refractivity contribution in [2.24, 2.45) is 0 Å². The van der Waals surface area contributed by atoms with Crippen LogP contribution in [-0.2, 0) is 0 Å². The number of halogens is 2. The number of nitrogens with zero attached hydrogens (tertiary/aromatic N) is 3. The van der Waals surface area contributed by atoms with Gasteiger partial charge in [-0.3, -0.25) is 4.79 Å². The number of benzene rings is 1. The summed E-state index contributed by atoms with van der Waals surface area (Å²) in [5.41, 5.74) is 0.951. The number of hydrogen-bond donors (Lipinski definition) is 2. The van der Waals surface area contributed by atoms with Gasteiger partial charge in [-0.15, -0.1) is 0 Å². The second-order valence-corrected chi connectivity index (χ2v) is 6.55. The fourth-order valence-electron chi connectivity index (χ4n) is 3.01. The maximum Gasteiger partial charge on any atom is 0.251 e. The van der Waals surface area contributed by atoms with Crippen LogP contribution in [0.25, 0.3) is 0 Å². The van der Waals surface area contributed by atoms with Crippen molar-refractivity contribution in [3.63, 3.8) is 0 Å². The van der Waals surface area contributed by atoms with Crippen molar-refractivity contribution >= 4 is 17.7 Å². The third-order valence-electron chi connectivity index (χ3n) is 4.40. The Morgan fingerprint density at radius 1 is 1.07 bits per heavy atom. The Hall–Kier alpha value is -2.77. The Kier molecular flexibility index (Phi) is 6.16. The van der Waals surface area contributed by atoms with E-state index in [2.05, 4.69) is 25.5 Å². The lowest BCUT2D eigenvalue weighted by Crippen LogP contribution is -2.31. The smallest absolute Gasteiger partial charge is 0.251 e. The van der Waals surface area contributed by atoms with Gasteiger partial charge in [-0.05, 0) is 44.4 Å². The van der Waals surface area contributed by atoms with Crippen LogP contribution in [0.5, 0.6) is 0 Å². The molecule has 1 amide bonds. The maximum atomic E-state index is 13.2. The minimum atomic E-state index is -1.04. The van der Waals surface area contributed by atoms with E-state index < -0.39 is 17.5 Å². The average molecular weight is 375 g/mol. The molecule has 8 heteroatoms. The van der Waals surface area contributed by atoms with Crippen LogP contribution in [0.1, 0.15) is 35.3 Å². The summed E-state index contributed by atoms with van der Waals surface area (Å²) in [5, 5.41) is 5.75. The summed E-state index contributed by atoms with van der Waals surface area (Å²) in [7, 11) is 0. The van der Waals surface area contributed by atoms with E-state index in [9.17, 15) is 13.6 Å². The van der Waals surface area contributed by atoms with Crippen molar-refractivity contribution in [1.29, 1.82) is 0 Å². The molecule has 1 aliphatic heterocycles. The van der Waals surface area contributed by atoms with Gasteiger partial charge < -0.3 is 15.5 Å². The van der Waals surface area contributed by atoms with Gasteiger partial charge in [0.15, 0.2) is 11.6 Å². The van der Waals surface area contributed by atoms with Crippen LogP contribution < -0.4 is 15.5 Å². The number of rotatable bonds is 6. The van der Waals surface area contributed by atoms with E-state index in [0.29, 0.717) is 19.0 Å².